The Morgan fingerprint density at radius 1 is 1.38 bits per heavy atom. The molecule has 1 aromatic carbocycles. The standard InChI is InChI=1S/C17H22N4O4.ClH/c1-24-12-3-2-4-13(7-12)25-10-11(22)8-19-17-20-15-9-18-6-5-14(15)16(23)21-17;/h2-4,7,11,18,22H,5-6,8-10H2,1H3,(H2,19,20,21,23);1H. The third-order valence-electron chi connectivity index (χ3n) is 3.93. The molecule has 142 valence electrons. The third-order valence-corrected chi connectivity index (χ3v) is 3.93. The van der Waals surface area contributed by atoms with Gasteiger partial charge in [-0.25, -0.2) is 4.98 Å². The van der Waals surface area contributed by atoms with Crippen LogP contribution in [0.5, 0.6) is 11.5 Å². The molecule has 0 saturated heterocycles. The molecule has 0 amide bonds. The summed E-state index contributed by atoms with van der Waals surface area (Å²) in [5.41, 5.74) is 1.35. The largest absolute Gasteiger partial charge is 0.497 e. The molecule has 4 N–H and O–H groups in total. The number of aromatic amines is 1. The summed E-state index contributed by atoms with van der Waals surface area (Å²) in [7, 11) is 1.58. The third kappa shape index (κ3) is 5.10. The average Bonchev–Trinajstić information content (AvgIpc) is 2.65. The number of nitrogens with zero attached hydrogens (tertiary/aromatic N) is 1. The number of hydrogen-bond acceptors (Lipinski definition) is 7. The fraction of sp³-hybridized carbons (Fsp3) is 0.412. The summed E-state index contributed by atoms with van der Waals surface area (Å²) in [5, 5.41) is 16.2. The number of halogens is 1. The normalized spacial score (nSPS) is 13.9. The van der Waals surface area contributed by atoms with E-state index in [-0.39, 0.29) is 31.1 Å². The Hall–Kier alpha value is -2.29. The first-order valence-electron chi connectivity index (χ1n) is 8.17. The van der Waals surface area contributed by atoms with Crippen molar-refractivity contribution in [1.29, 1.82) is 0 Å². The second-order valence-electron chi connectivity index (χ2n) is 5.79. The smallest absolute Gasteiger partial charge is 0.255 e. The van der Waals surface area contributed by atoms with Crippen molar-refractivity contribution in [3.05, 3.63) is 45.9 Å². The fourth-order valence-electron chi connectivity index (χ4n) is 2.61. The lowest BCUT2D eigenvalue weighted by Gasteiger charge is -2.17. The van der Waals surface area contributed by atoms with E-state index in [0.29, 0.717) is 30.4 Å². The molecule has 0 radical (unpaired) electrons. The summed E-state index contributed by atoms with van der Waals surface area (Å²) < 4.78 is 10.7. The van der Waals surface area contributed by atoms with Crippen LogP contribution < -0.4 is 25.7 Å². The first kappa shape index (κ1) is 20.0. The molecule has 1 atom stereocenters. The number of rotatable bonds is 7. The van der Waals surface area contributed by atoms with Crippen LogP contribution in [0.2, 0.25) is 0 Å². The highest BCUT2D eigenvalue weighted by Crippen LogP contribution is 2.18. The Kier molecular flexibility index (Phi) is 7.26. The first-order chi connectivity index (χ1) is 12.2. The number of aliphatic hydroxyl groups is 1. The Balaban J connectivity index is 0.00000243. The van der Waals surface area contributed by atoms with Crippen molar-refractivity contribution in [2.45, 2.75) is 19.1 Å². The van der Waals surface area contributed by atoms with Gasteiger partial charge >= 0.3 is 0 Å². The van der Waals surface area contributed by atoms with Crippen molar-refractivity contribution in [3.8, 4) is 11.5 Å². The van der Waals surface area contributed by atoms with Gasteiger partial charge in [0.25, 0.3) is 5.56 Å². The number of fused-ring (bicyclic) bond motifs is 1. The molecule has 0 spiro atoms. The van der Waals surface area contributed by atoms with Gasteiger partial charge in [-0.3, -0.25) is 9.78 Å². The number of aromatic nitrogens is 2. The van der Waals surface area contributed by atoms with Gasteiger partial charge in [-0.2, -0.15) is 0 Å². The molecule has 0 fully saturated rings. The highest BCUT2D eigenvalue weighted by Gasteiger charge is 2.15. The molecule has 3 rings (SSSR count). The second kappa shape index (κ2) is 9.42. The topological polar surface area (TPSA) is 108 Å². The minimum absolute atomic E-state index is 0. The lowest BCUT2D eigenvalue weighted by Crippen LogP contribution is -2.33. The van der Waals surface area contributed by atoms with Gasteiger partial charge in [-0.1, -0.05) is 6.07 Å². The SMILES string of the molecule is COc1cccc(OCC(O)CNc2nc3c(c(=O)[nH]2)CCNC3)c1.Cl. The lowest BCUT2D eigenvalue weighted by atomic mass is 10.1. The summed E-state index contributed by atoms with van der Waals surface area (Å²) in [6.45, 7) is 1.68. The molecule has 1 aromatic heterocycles. The van der Waals surface area contributed by atoms with Gasteiger partial charge in [0, 0.05) is 24.7 Å². The number of ether oxygens (including phenoxy) is 2. The summed E-state index contributed by atoms with van der Waals surface area (Å²) in [5.74, 6) is 1.66. The van der Waals surface area contributed by atoms with E-state index in [1.807, 2.05) is 12.1 Å². The molecule has 26 heavy (non-hydrogen) atoms. The molecule has 0 bridgehead atoms. The van der Waals surface area contributed by atoms with E-state index in [9.17, 15) is 9.90 Å². The Bertz CT molecular complexity index is 784. The highest BCUT2D eigenvalue weighted by molar-refractivity contribution is 5.85. The van der Waals surface area contributed by atoms with Crippen molar-refractivity contribution in [2.24, 2.45) is 0 Å². The van der Waals surface area contributed by atoms with Crippen molar-refractivity contribution in [1.82, 2.24) is 15.3 Å². The van der Waals surface area contributed by atoms with Crippen LogP contribution in [0, 0.1) is 0 Å². The van der Waals surface area contributed by atoms with Crippen molar-refractivity contribution in [2.75, 3.05) is 32.1 Å². The lowest BCUT2D eigenvalue weighted by molar-refractivity contribution is 0.117. The number of aliphatic hydroxyl groups excluding tert-OH is 1. The second-order valence-corrected chi connectivity index (χ2v) is 5.79. The van der Waals surface area contributed by atoms with Crippen LogP contribution in [0.1, 0.15) is 11.3 Å². The molecular formula is C17H23ClN4O4. The van der Waals surface area contributed by atoms with E-state index in [0.717, 1.165) is 17.8 Å². The Morgan fingerprint density at radius 3 is 3.00 bits per heavy atom. The maximum Gasteiger partial charge on any atom is 0.255 e. The van der Waals surface area contributed by atoms with Gasteiger partial charge in [-0.05, 0) is 25.1 Å². The molecule has 0 saturated carbocycles. The molecule has 1 aliphatic heterocycles. The maximum absolute atomic E-state index is 12.0. The van der Waals surface area contributed by atoms with Gasteiger partial charge in [0.1, 0.15) is 24.2 Å². The summed E-state index contributed by atoms with van der Waals surface area (Å²) >= 11 is 0. The first-order valence-corrected chi connectivity index (χ1v) is 8.17. The number of methoxy groups -OCH3 is 1. The van der Waals surface area contributed by atoms with Crippen molar-refractivity contribution < 1.29 is 14.6 Å². The van der Waals surface area contributed by atoms with E-state index in [1.165, 1.54) is 0 Å². The van der Waals surface area contributed by atoms with Crippen LogP contribution in [0.25, 0.3) is 0 Å². The zero-order valence-corrected chi connectivity index (χ0v) is 15.3. The van der Waals surface area contributed by atoms with Gasteiger partial charge in [0.05, 0.1) is 12.8 Å². The zero-order chi connectivity index (χ0) is 17.6. The van der Waals surface area contributed by atoms with Crippen molar-refractivity contribution >= 4 is 18.4 Å². The quantitative estimate of drug-likeness (QED) is 0.558. The predicted octanol–water partition coefficient (Wildman–Crippen LogP) is 0.698. The summed E-state index contributed by atoms with van der Waals surface area (Å²) in [6.07, 6.45) is -0.0831. The summed E-state index contributed by atoms with van der Waals surface area (Å²) in [4.78, 5) is 19.1. The predicted molar refractivity (Wildman–Crippen MR) is 101 cm³/mol. The molecular weight excluding hydrogens is 360 g/mol. The highest BCUT2D eigenvalue weighted by atomic mass is 35.5. The number of H-pyrrole nitrogens is 1. The van der Waals surface area contributed by atoms with Crippen LogP contribution >= 0.6 is 12.4 Å². The number of benzene rings is 1. The van der Waals surface area contributed by atoms with E-state index < -0.39 is 6.10 Å². The van der Waals surface area contributed by atoms with Crippen molar-refractivity contribution in [3.63, 3.8) is 0 Å². The van der Waals surface area contributed by atoms with E-state index in [2.05, 4.69) is 20.6 Å². The molecule has 2 aromatic rings. The number of hydrogen-bond donors (Lipinski definition) is 4. The van der Waals surface area contributed by atoms with Crippen LogP contribution in [0.3, 0.4) is 0 Å². The number of anilines is 1. The van der Waals surface area contributed by atoms with Crippen LogP contribution in [-0.4, -0.2) is 48.0 Å². The maximum atomic E-state index is 12.0. The molecule has 2 heterocycles. The van der Waals surface area contributed by atoms with E-state index in [4.69, 9.17) is 9.47 Å². The molecule has 0 aliphatic carbocycles. The van der Waals surface area contributed by atoms with Gasteiger partial charge in [0.15, 0.2) is 0 Å². The van der Waals surface area contributed by atoms with Gasteiger partial charge in [-0.15, -0.1) is 12.4 Å². The molecule has 8 nitrogen and oxygen atoms in total. The Morgan fingerprint density at radius 2 is 2.19 bits per heavy atom. The monoisotopic (exact) mass is 382 g/mol. The minimum atomic E-state index is -0.759. The molecule has 9 heteroatoms. The number of nitrogens with one attached hydrogen (secondary N) is 3. The van der Waals surface area contributed by atoms with Crippen LogP contribution in [0.15, 0.2) is 29.1 Å². The Labute approximate surface area is 157 Å². The van der Waals surface area contributed by atoms with Crippen LogP contribution in [-0.2, 0) is 13.0 Å². The average molecular weight is 383 g/mol. The fourth-order valence-corrected chi connectivity index (χ4v) is 2.61. The van der Waals surface area contributed by atoms with Crippen LogP contribution in [0.4, 0.5) is 5.95 Å². The molecule has 1 aliphatic rings. The van der Waals surface area contributed by atoms with Gasteiger partial charge < -0.3 is 25.2 Å². The van der Waals surface area contributed by atoms with E-state index in [1.54, 1.807) is 19.2 Å². The van der Waals surface area contributed by atoms with E-state index >= 15 is 0 Å². The molecule has 1 unspecified atom stereocenters. The summed E-state index contributed by atoms with van der Waals surface area (Å²) in [6, 6.07) is 7.17. The minimum Gasteiger partial charge on any atom is -0.497 e. The van der Waals surface area contributed by atoms with Gasteiger partial charge in [0.2, 0.25) is 5.95 Å². The zero-order valence-electron chi connectivity index (χ0n) is 14.4.